The molecule has 4 rings (SSSR count). The number of hydrogen-bond donors (Lipinski definition) is 1. The summed E-state index contributed by atoms with van der Waals surface area (Å²) in [4.78, 5) is 16.8. The van der Waals surface area contributed by atoms with Crippen LogP contribution in [0.15, 0.2) is 58.4 Å². The van der Waals surface area contributed by atoms with Crippen LogP contribution in [-0.2, 0) is 0 Å². The highest BCUT2D eigenvalue weighted by Gasteiger charge is 2.24. The van der Waals surface area contributed by atoms with Crippen LogP contribution >= 0.6 is 27.3 Å². The summed E-state index contributed by atoms with van der Waals surface area (Å²) in [5, 5.41) is 5.22. The lowest BCUT2D eigenvalue weighted by Crippen LogP contribution is -2.22. The van der Waals surface area contributed by atoms with Crippen molar-refractivity contribution in [2.75, 3.05) is 11.9 Å². The summed E-state index contributed by atoms with van der Waals surface area (Å²) in [6, 6.07) is 14.7. The number of fused-ring (bicyclic) bond motifs is 1. The summed E-state index contributed by atoms with van der Waals surface area (Å²) in [5.41, 5.74) is 1.31. The summed E-state index contributed by atoms with van der Waals surface area (Å²) in [6.07, 6.45) is -0.289. The van der Waals surface area contributed by atoms with E-state index >= 15 is 0 Å². The van der Waals surface area contributed by atoms with Crippen LogP contribution in [0, 0.1) is 0 Å². The Bertz CT molecular complexity index is 928. The summed E-state index contributed by atoms with van der Waals surface area (Å²) < 4.78 is 12.5. The molecule has 0 radical (unpaired) electrons. The number of anilines is 1. The molecule has 3 aromatic rings. The Morgan fingerprint density at radius 3 is 2.88 bits per heavy atom. The molecule has 0 saturated carbocycles. The van der Waals surface area contributed by atoms with Crippen LogP contribution in [-0.4, -0.2) is 17.5 Å². The number of nitrogens with one attached hydrogen (secondary N) is 1. The molecule has 2 heterocycles. The quantitative estimate of drug-likeness (QED) is 0.673. The van der Waals surface area contributed by atoms with Gasteiger partial charge in [0.15, 0.2) is 22.7 Å². The average Bonchev–Trinajstić information content (AvgIpc) is 3.10. The second kappa shape index (κ2) is 6.85. The van der Waals surface area contributed by atoms with E-state index in [1.807, 2.05) is 41.8 Å². The van der Waals surface area contributed by atoms with Crippen molar-refractivity contribution < 1.29 is 14.3 Å². The Labute approximate surface area is 156 Å². The maximum Gasteiger partial charge on any atom is 0.257 e. The standard InChI is InChI=1S/C18H13BrN2O3S/c19-12-5-3-4-11(8-12)17(22)21-18-20-13(10-25-18)16-9-23-14-6-1-2-7-15(14)24-16/h1-8,10,16H,9H2,(H,20,21,22)/t16-/m0/s1. The lowest BCUT2D eigenvalue weighted by Gasteiger charge is -2.25. The van der Waals surface area contributed by atoms with Crippen molar-refractivity contribution in [1.29, 1.82) is 0 Å². The van der Waals surface area contributed by atoms with Gasteiger partial charge in [0.25, 0.3) is 5.91 Å². The smallest absolute Gasteiger partial charge is 0.257 e. The van der Waals surface area contributed by atoms with Crippen LogP contribution < -0.4 is 14.8 Å². The molecular formula is C18H13BrN2O3S. The maximum absolute atomic E-state index is 12.3. The van der Waals surface area contributed by atoms with Crippen molar-refractivity contribution in [3.8, 4) is 11.5 Å². The molecule has 1 N–H and O–H groups in total. The fourth-order valence-corrected chi connectivity index (χ4v) is 3.60. The normalized spacial score (nSPS) is 15.6. The first-order valence-corrected chi connectivity index (χ1v) is 9.27. The molecular weight excluding hydrogens is 404 g/mol. The van der Waals surface area contributed by atoms with Gasteiger partial charge in [-0.05, 0) is 30.3 Å². The highest BCUT2D eigenvalue weighted by atomic mass is 79.9. The SMILES string of the molecule is O=C(Nc1nc([C@@H]2COc3ccccc3O2)cs1)c1cccc(Br)c1. The van der Waals surface area contributed by atoms with E-state index in [9.17, 15) is 4.79 Å². The zero-order chi connectivity index (χ0) is 17.2. The Morgan fingerprint density at radius 1 is 1.20 bits per heavy atom. The van der Waals surface area contributed by atoms with Crippen LogP contribution in [0.2, 0.25) is 0 Å². The third kappa shape index (κ3) is 3.52. The Kier molecular flexibility index (Phi) is 4.42. The van der Waals surface area contributed by atoms with Gasteiger partial charge in [0.05, 0.1) is 5.69 Å². The van der Waals surface area contributed by atoms with Gasteiger partial charge in [-0.3, -0.25) is 10.1 Å². The molecule has 0 unspecified atom stereocenters. The lowest BCUT2D eigenvalue weighted by atomic mass is 10.2. The average molecular weight is 417 g/mol. The van der Waals surface area contributed by atoms with Gasteiger partial charge in [-0.15, -0.1) is 11.3 Å². The monoisotopic (exact) mass is 416 g/mol. The lowest BCUT2D eigenvalue weighted by molar-refractivity contribution is 0.0888. The van der Waals surface area contributed by atoms with E-state index in [1.165, 1.54) is 11.3 Å². The summed E-state index contributed by atoms with van der Waals surface area (Å²) in [7, 11) is 0. The van der Waals surface area contributed by atoms with Gasteiger partial charge in [-0.25, -0.2) is 4.98 Å². The number of nitrogens with zero attached hydrogens (tertiary/aromatic N) is 1. The second-order valence-corrected chi connectivity index (χ2v) is 7.18. The van der Waals surface area contributed by atoms with Gasteiger partial charge in [0.1, 0.15) is 6.61 Å². The fourth-order valence-electron chi connectivity index (χ4n) is 2.46. The van der Waals surface area contributed by atoms with Gasteiger partial charge >= 0.3 is 0 Å². The van der Waals surface area contributed by atoms with Crippen LogP contribution in [0.4, 0.5) is 5.13 Å². The number of amides is 1. The molecule has 25 heavy (non-hydrogen) atoms. The van der Waals surface area contributed by atoms with E-state index in [2.05, 4.69) is 26.2 Å². The zero-order valence-corrected chi connectivity index (χ0v) is 15.3. The third-order valence-corrected chi connectivity index (χ3v) is 4.94. The molecule has 7 heteroatoms. The molecule has 0 spiro atoms. The Morgan fingerprint density at radius 2 is 2.04 bits per heavy atom. The van der Waals surface area contributed by atoms with Crippen molar-refractivity contribution in [2.24, 2.45) is 0 Å². The predicted octanol–water partition coefficient (Wildman–Crippen LogP) is 4.67. The van der Waals surface area contributed by atoms with Crippen LogP contribution in [0.5, 0.6) is 11.5 Å². The van der Waals surface area contributed by atoms with Crippen molar-refractivity contribution in [3.05, 3.63) is 69.6 Å². The van der Waals surface area contributed by atoms with Crippen LogP contribution in [0.25, 0.3) is 0 Å². The molecule has 2 aromatic carbocycles. The van der Waals surface area contributed by atoms with E-state index in [4.69, 9.17) is 9.47 Å². The van der Waals surface area contributed by atoms with Crippen LogP contribution in [0.3, 0.4) is 0 Å². The van der Waals surface area contributed by atoms with Gasteiger partial charge in [-0.1, -0.05) is 34.1 Å². The highest BCUT2D eigenvalue weighted by Crippen LogP contribution is 2.36. The molecule has 1 aliphatic rings. The fraction of sp³-hybridized carbons (Fsp3) is 0.111. The number of rotatable bonds is 3. The molecule has 1 amide bonds. The molecule has 1 aliphatic heterocycles. The summed E-state index contributed by atoms with van der Waals surface area (Å²) in [6.45, 7) is 0.389. The Balaban J connectivity index is 1.47. The number of para-hydroxylation sites is 2. The first kappa shape index (κ1) is 16.1. The topological polar surface area (TPSA) is 60.5 Å². The number of hydrogen-bond acceptors (Lipinski definition) is 5. The number of ether oxygens (including phenoxy) is 2. The molecule has 0 bridgehead atoms. The number of thiazole rings is 1. The number of benzene rings is 2. The van der Waals surface area contributed by atoms with E-state index in [0.29, 0.717) is 23.1 Å². The third-order valence-electron chi connectivity index (χ3n) is 3.67. The molecule has 126 valence electrons. The number of carbonyl (C=O) groups is 1. The number of aromatic nitrogens is 1. The van der Waals surface area contributed by atoms with Gasteiger partial charge < -0.3 is 9.47 Å². The summed E-state index contributed by atoms with van der Waals surface area (Å²) in [5.74, 6) is 1.23. The molecule has 0 saturated heterocycles. The Hall–Kier alpha value is -2.38. The van der Waals surface area contributed by atoms with Gasteiger partial charge in [0, 0.05) is 15.4 Å². The minimum absolute atomic E-state index is 0.201. The minimum atomic E-state index is -0.289. The van der Waals surface area contributed by atoms with E-state index < -0.39 is 0 Å². The first-order valence-electron chi connectivity index (χ1n) is 7.60. The van der Waals surface area contributed by atoms with E-state index in [0.717, 1.165) is 15.9 Å². The van der Waals surface area contributed by atoms with Gasteiger partial charge in [-0.2, -0.15) is 0 Å². The molecule has 1 aromatic heterocycles. The van der Waals surface area contributed by atoms with Crippen LogP contribution in [0.1, 0.15) is 22.2 Å². The van der Waals surface area contributed by atoms with Crippen molar-refractivity contribution in [3.63, 3.8) is 0 Å². The van der Waals surface area contributed by atoms with Crippen molar-refractivity contribution >= 4 is 38.3 Å². The maximum atomic E-state index is 12.3. The number of carbonyl (C=O) groups excluding carboxylic acids is 1. The van der Waals surface area contributed by atoms with Crippen molar-refractivity contribution in [2.45, 2.75) is 6.10 Å². The van der Waals surface area contributed by atoms with Crippen molar-refractivity contribution in [1.82, 2.24) is 4.98 Å². The second-order valence-electron chi connectivity index (χ2n) is 5.41. The minimum Gasteiger partial charge on any atom is -0.485 e. The first-order chi connectivity index (χ1) is 12.2. The van der Waals surface area contributed by atoms with Gasteiger partial charge in [0.2, 0.25) is 0 Å². The summed E-state index contributed by atoms with van der Waals surface area (Å²) >= 11 is 4.72. The molecule has 5 nitrogen and oxygen atoms in total. The van der Waals surface area contributed by atoms with E-state index in [-0.39, 0.29) is 12.0 Å². The molecule has 0 aliphatic carbocycles. The highest BCUT2D eigenvalue weighted by molar-refractivity contribution is 9.10. The molecule has 0 fully saturated rings. The molecule has 1 atom stereocenters. The zero-order valence-electron chi connectivity index (χ0n) is 12.9. The predicted molar refractivity (Wildman–Crippen MR) is 99.5 cm³/mol. The largest absolute Gasteiger partial charge is 0.485 e. The van der Waals surface area contributed by atoms with E-state index in [1.54, 1.807) is 12.1 Å². The number of halogens is 1.